The van der Waals surface area contributed by atoms with Crippen molar-refractivity contribution in [3.05, 3.63) is 23.3 Å². The Morgan fingerprint density at radius 1 is 1.44 bits per heavy atom. The summed E-state index contributed by atoms with van der Waals surface area (Å²) in [5, 5.41) is 18.7. The van der Waals surface area contributed by atoms with E-state index < -0.39 is 11.5 Å². The van der Waals surface area contributed by atoms with Crippen LogP contribution >= 0.6 is 0 Å². The predicted molar refractivity (Wildman–Crippen MR) is 58.8 cm³/mol. The maximum Gasteiger partial charge on any atom is 0.335 e. The van der Waals surface area contributed by atoms with Crippen LogP contribution in [0.15, 0.2) is 12.1 Å². The molecule has 4 N–H and O–H groups in total. The number of aromatic hydroxyl groups is 1. The fraction of sp³-hybridized carbons (Fsp3) is 0.364. The highest BCUT2D eigenvalue weighted by atomic mass is 16.5. The van der Waals surface area contributed by atoms with Crippen molar-refractivity contribution < 1.29 is 19.7 Å². The Balaban J connectivity index is 3.48. The van der Waals surface area contributed by atoms with Crippen molar-refractivity contribution >= 4 is 5.97 Å². The Labute approximate surface area is 93.5 Å². The molecule has 5 nitrogen and oxygen atoms in total. The van der Waals surface area contributed by atoms with Crippen molar-refractivity contribution in [2.24, 2.45) is 5.73 Å². The van der Waals surface area contributed by atoms with Crippen LogP contribution in [0.4, 0.5) is 0 Å². The maximum absolute atomic E-state index is 10.9. The lowest BCUT2D eigenvalue weighted by Gasteiger charge is -2.22. The molecule has 0 unspecified atom stereocenters. The third-order valence-electron chi connectivity index (χ3n) is 2.24. The van der Waals surface area contributed by atoms with E-state index in [1.165, 1.54) is 19.2 Å². The van der Waals surface area contributed by atoms with Gasteiger partial charge < -0.3 is 20.7 Å². The molecule has 1 rings (SSSR count). The van der Waals surface area contributed by atoms with E-state index in [2.05, 4.69) is 0 Å². The lowest BCUT2D eigenvalue weighted by molar-refractivity contribution is 0.0696. The van der Waals surface area contributed by atoms with E-state index in [1.807, 2.05) is 0 Å². The molecule has 0 saturated heterocycles. The van der Waals surface area contributed by atoms with Gasteiger partial charge in [-0.1, -0.05) is 0 Å². The monoisotopic (exact) mass is 225 g/mol. The standard InChI is InChI=1S/C11H15NO4/c1-11(2,12)7-4-6(10(14)15)5-8(16-3)9(7)13/h4-5,13H,12H2,1-3H3,(H,14,15). The molecular weight excluding hydrogens is 210 g/mol. The van der Waals surface area contributed by atoms with Crippen LogP contribution in [0.2, 0.25) is 0 Å². The summed E-state index contributed by atoms with van der Waals surface area (Å²) in [7, 11) is 1.36. The Kier molecular flexibility index (Phi) is 3.09. The van der Waals surface area contributed by atoms with Gasteiger partial charge in [-0.2, -0.15) is 0 Å². The van der Waals surface area contributed by atoms with Crippen LogP contribution in [0.25, 0.3) is 0 Å². The highest BCUT2D eigenvalue weighted by Gasteiger charge is 2.23. The first-order valence-corrected chi connectivity index (χ1v) is 4.71. The molecule has 16 heavy (non-hydrogen) atoms. The smallest absolute Gasteiger partial charge is 0.335 e. The number of phenols is 1. The zero-order chi connectivity index (χ0) is 12.5. The first kappa shape index (κ1) is 12.3. The number of carbonyl (C=O) groups is 1. The third-order valence-corrected chi connectivity index (χ3v) is 2.24. The van der Waals surface area contributed by atoms with Gasteiger partial charge >= 0.3 is 5.97 Å². The molecule has 0 radical (unpaired) electrons. The Hall–Kier alpha value is -1.75. The van der Waals surface area contributed by atoms with E-state index in [0.29, 0.717) is 5.56 Å². The molecule has 0 amide bonds. The summed E-state index contributed by atoms with van der Waals surface area (Å²) in [5.41, 5.74) is 5.37. The van der Waals surface area contributed by atoms with Crippen LogP contribution in [-0.2, 0) is 5.54 Å². The van der Waals surface area contributed by atoms with E-state index in [9.17, 15) is 9.90 Å². The van der Waals surface area contributed by atoms with Gasteiger partial charge in [0.05, 0.1) is 12.7 Å². The van der Waals surface area contributed by atoms with Gasteiger partial charge in [0.15, 0.2) is 11.5 Å². The van der Waals surface area contributed by atoms with E-state index in [1.54, 1.807) is 13.8 Å². The second-order valence-electron chi connectivity index (χ2n) is 4.10. The molecule has 0 fully saturated rings. The van der Waals surface area contributed by atoms with Gasteiger partial charge in [-0.3, -0.25) is 0 Å². The molecule has 0 atom stereocenters. The predicted octanol–water partition coefficient (Wildman–Crippen LogP) is 1.29. The second-order valence-corrected chi connectivity index (χ2v) is 4.10. The van der Waals surface area contributed by atoms with Crippen LogP contribution < -0.4 is 10.5 Å². The van der Waals surface area contributed by atoms with Crippen molar-refractivity contribution in [1.82, 2.24) is 0 Å². The first-order chi connectivity index (χ1) is 7.27. The molecule has 0 aliphatic heterocycles. The van der Waals surface area contributed by atoms with Gasteiger partial charge in [0.25, 0.3) is 0 Å². The van der Waals surface area contributed by atoms with E-state index in [0.717, 1.165) is 0 Å². The number of methoxy groups -OCH3 is 1. The van der Waals surface area contributed by atoms with Crippen molar-refractivity contribution in [1.29, 1.82) is 0 Å². The SMILES string of the molecule is COc1cc(C(=O)O)cc(C(C)(C)N)c1O. The molecule has 1 aromatic rings. The van der Waals surface area contributed by atoms with Gasteiger partial charge in [-0.05, 0) is 26.0 Å². The number of phenolic OH excluding ortho intramolecular Hbond substituents is 1. The molecule has 0 spiro atoms. The van der Waals surface area contributed by atoms with Crippen molar-refractivity contribution in [2.75, 3.05) is 7.11 Å². The van der Waals surface area contributed by atoms with Crippen LogP contribution in [0.1, 0.15) is 29.8 Å². The average molecular weight is 225 g/mol. The highest BCUT2D eigenvalue weighted by Crippen LogP contribution is 2.36. The molecule has 0 bridgehead atoms. The number of ether oxygens (including phenoxy) is 1. The summed E-state index contributed by atoms with van der Waals surface area (Å²) in [6.45, 7) is 3.35. The van der Waals surface area contributed by atoms with Gasteiger partial charge in [0, 0.05) is 11.1 Å². The van der Waals surface area contributed by atoms with Gasteiger partial charge in [0.1, 0.15) is 0 Å². The number of carboxylic acid groups (broad SMARTS) is 1. The number of nitrogens with two attached hydrogens (primary N) is 1. The Bertz CT molecular complexity index is 421. The minimum absolute atomic E-state index is 0.0307. The molecule has 0 aliphatic carbocycles. The fourth-order valence-corrected chi connectivity index (χ4v) is 1.38. The lowest BCUT2D eigenvalue weighted by atomic mass is 9.92. The molecule has 0 aliphatic rings. The fourth-order valence-electron chi connectivity index (χ4n) is 1.38. The number of hydrogen-bond donors (Lipinski definition) is 3. The number of benzene rings is 1. The summed E-state index contributed by atoms with van der Waals surface area (Å²) in [4.78, 5) is 10.9. The minimum Gasteiger partial charge on any atom is -0.504 e. The van der Waals surface area contributed by atoms with Crippen molar-refractivity contribution in [3.8, 4) is 11.5 Å². The van der Waals surface area contributed by atoms with Crippen molar-refractivity contribution in [2.45, 2.75) is 19.4 Å². The summed E-state index contributed by atoms with van der Waals surface area (Å²) < 4.78 is 4.90. The molecule has 88 valence electrons. The van der Waals surface area contributed by atoms with E-state index in [4.69, 9.17) is 15.6 Å². The number of carboxylic acids is 1. The Morgan fingerprint density at radius 2 is 2.00 bits per heavy atom. The number of aromatic carboxylic acids is 1. The summed E-state index contributed by atoms with van der Waals surface area (Å²) in [6.07, 6.45) is 0. The zero-order valence-corrected chi connectivity index (χ0v) is 9.44. The van der Waals surface area contributed by atoms with Crippen molar-refractivity contribution in [3.63, 3.8) is 0 Å². The summed E-state index contributed by atoms with van der Waals surface area (Å²) in [5.74, 6) is -1.11. The van der Waals surface area contributed by atoms with Crippen LogP contribution in [0.5, 0.6) is 11.5 Å². The molecule has 0 saturated carbocycles. The third kappa shape index (κ3) is 2.25. The number of hydrogen-bond acceptors (Lipinski definition) is 4. The minimum atomic E-state index is -1.09. The topological polar surface area (TPSA) is 92.8 Å². The second kappa shape index (κ2) is 4.02. The number of rotatable bonds is 3. The van der Waals surface area contributed by atoms with Crippen LogP contribution in [0.3, 0.4) is 0 Å². The van der Waals surface area contributed by atoms with Crippen LogP contribution in [-0.4, -0.2) is 23.3 Å². The molecular formula is C11H15NO4. The summed E-state index contributed by atoms with van der Waals surface area (Å²) in [6, 6.07) is 2.60. The van der Waals surface area contributed by atoms with Gasteiger partial charge in [0.2, 0.25) is 0 Å². The maximum atomic E-state index is 10.9. The van der Waals surface area contributed by atoms with Gasteiger partial charge in [-0.25, -0.2) is 4.79 Å². The quantitative estimate of drug-likeness (QED) is 0.720. The normalized spacial score (nSPS) is 11.2. The molecule has 1 aromatic carbocycles. The first-order valence-electron chi connectivity index (χ1n) is 4.71. The summed E-state index contributed by atoms with van der Waals surface area (Å²) >= 11 is 0. The molecule has 0 aromatic heterocycles. The lowest BCUT2D eigenvalue weighted by Crippen LogP contribution is -2.29. The van der Waals surface area contributed by atoms with E-state index in [-0.39, 0.29) is 17.1 Å². The molecule has 5 heteroatoms. The van der Waals surface area contributed by atoms with E-state index >= 15 is 0 Å². The Morgan fingerprint density at radius 3 is 2.38 bits per heavy atom. The average Bonchev–Trinajstić information content (AvgIpc) is 2.15. The van der Waals surface area contributed by atoms with Crippen LogP contribution in [0, 0.1) is 0 Å². The highest BCUT2D eigenvalue weighted by molar-refractivity contribution is 5.89. The zero-order valence-electron chi connectivity index (χ0n) is 9.44. The molecule has 0 heterocycles. The van der Waals surface area contributed by atoms with Gasteiger partial charge in [-0.15, -0.1) is 0 Å². The largest absolute Gasteiger partial charge is 0.504 e.